The lowest BCUT2D eigenvalue weighted by Crippen LogP contribution is -2.34. The van der Waals surface area contributed by atoms with Gasteiger partial charge in [-0.15, -0.1) is 0 Å². The molecule has 96 valence electrons. The second-order valence-electron chi connectivity index (χ2n) is 2.71. The van der Waals surface area contributed by atoms with Crippen molar-refractivity contribution in [2.45, 2.75) is 0 Å². The fourth-order valence-electron chi connectivity index (χ4n) is 0.744. The summed E-state index contributed by atoms with van der Waals surface area (Å²) < 4.78 is 0. The highest BCUT2D eigenvalue weighted by atomic mass is 16.4. The molecule has 0 amide bonds. The van der Waals surface area contributed by atoms with E-state index >= 15 is 0 Å². The Bertz CT molecular complexity index is 193. The number of hydrogen-bond acceptors (Lipinski definition) is 6. The molecule has 0 radical (unpaired) electrons. The molecule has 0 spiro atoms. The molecule has 0 aromatic heterocycles. The fourth-order valence-corrected chi connectivity index (χ4v) is 0.744. The van der Waals surface area contributed by atoms with Crippen LogP contribution in [0.15, 0.2) is 0 Å². The first-order chi connectivity index (χ1) is 7.47. The second kappa shape index (κ2) is 11.9. The van der Waals surface area contributed by atoms with Crippen LogP contribution in [0.3, 0.4) is 0 Å². The molecular weight excluding hydrogens is 220 g/mol. The molecule has 8 heteroatoms. The molecule has 0 saturated carbocycles. The highest BCUT2D eigenvalue weighted by Crippen LogP contribution is 1.85. The zero-order valence-electron chi connectivity index (χ0n) is 8.87. The molecule has 0 atom stereocenters. The molecule has 0 bridgehead atoms. The maximum atomic E-state index is 10.2. The molecule has 0 aliphatic heterocycles. The SMILES string of the molecule is NCC(=O)O.O=C(O)CN(CCO)CCO. The fraction of sp³-hybridized carbons (Fsp3) is 0.750. The molecule has 0 aliphatic rings. The first kappa shape index (κ1) is 17.2. The molecule has 0 fully saturated rings. The zero-order valence-corrected chi connectivity index (χ0v) is 8.87. The molecule has 0 unspecified atom stereocenters. The molecule has 6 N–H and O–H groups in total. The van der Waals surface area contributed by atoms with Crippen LogP contribution in [-0.2, 0) is 9.59 Å². The number of rotatable bonds is 7. The van der Waals surface area contributed by atoms with E-state index < -0.39 is 11.9 Å². The van der Waals surface area contributed by atoms with Crippen molar-refractivity contribution in [3.63, 3.8) is 0 Å². The Morgan fingerprint density at radius 1 is 1.00 bits per heavy atom. The van der Waals surface area contributed by atoms with Crippen molar-refractivity contribution < 1.29 is 30.0 Å². The topological polar surface area (TPSA) is 144 Å². The van der Waals surface area contributed by atoms with Crippen molar-refractivity contribution in [3.8, 4) is 0 Å². The Morgan fingerprint density at radius 3 is 1.56 bits per heavy atom. The number of hydrogen-bond donors (Lipinski definition) is 5. The van der Waals surface area contributed by atoms with Crippen LogP contribution >= 0.6 is 0 Å². The molecule has 0 aliphatic carbocycles. The Kier molecular flexibility index (Phi) is 12.7. The van der Waals surface area contributed by atoms with E-state index in [1.807, 2.05) is 0 Å². The summed E-state index contributed by atoms with van der Waals surface area (Å²) >= 11 is 0. The summed E-state index contributed by atoms with van der Waals surface area (Å²) in [5.41, 5.74) is 4.57. The van der Waals surface area contributed by atoms with Crippen LogP contribution in [0, 0.1) is 0 Å². The second-order valence-corrected chi connectivity index (χ2v) is 2.71. The average molecular weight is 238 g/mol. The molecular formula is C8H18N2O6. The number of nitrogens with zero attached hydrogens (tertiary/aromatic N) is 1. The van der Waals surface area contributed by atoms with Gasteiger partial charge in [-0.1, -0.05) is 0 Å². The van der Waals surface area contributed by atoms with Crippen molar-refractivity contribution in [3.05, 3.63) is 0 Å². The highest BCUT2D eigenvalue weighted by Gasteiger charge is 2.06. The van der Waals surface area contributed by atoms with Crippen LogP contribution in [-0.4, -0.2) is 76.7 Å². The van der Waals surface area contributed by atoms with E-state index in [1.54, 1.807) is 0 Å². The van der Waals surface area contributed by atoms with Crippen LogP contribution in [0.25, 0.3) is 0 Å². The smallest absolute Gasteiger partial charge is 0.317 e. The minimum atomic E-state index is -0.968. The van der Waals surface area contributed by atoms with Gasteiger partial charge in [0.2, 0.25) is 0 Å². The Hall–Kier alpha value is -1.22. The molecule has 0 aromatic carbocycles. The third kappa shape index (κ3) is 15.3. The normalized spacial score (nSPS) is 9.50. The lowest BCUT2D eigenvalue weighted by Gasteiger charge is -2.16. The first-order valence-electron chi connectivity index (χ1n) is 4.55. The molecule has 16 heavy (non-hydrogen) atoms. The van der Waals surface area contributed by atoms with Gasteiger partial charge >= 0.3 is 11.9 Å². The van der Waals surface area contributed by atoms with Crippen molar-refractivity contribution in [2.24, 2.45) is 5.73 Å². The van der Waals surface area contributed by atoms with Gasteiger partial charge in [-0.3, -0.25) is 14.5 Å². The molecule has 0 aromatic rings. The van der Waals surface area contributed by atoms with E-state index in [0.717, 1.165) is 0 Å². The third-order valence-corrected chi connectivity index (χ3v) is 1.37. The minimum absolute atomic E-state index is 0.0900. The molecule has 0 heterocycles. The van der Waals surface area contributed by atoms with Crippen LogP contribution < -0.4 is 5.73 Å². The van der Waals surface area contributed by atoms with Crippen LogP contribution in [0.5, 0.6) is 0 Å². The first-order valence-corrected chi connectivity index (χ1v) is 4.55. The monoisotopic (exact) mass is 238 g/mol. The summed E-state index contributed by atoms with van der Waals surface area (Å²) in [6.07, 6.45) is 0. The number of nitrogens with two attached hydrogens (primary N) is 1. The Labute approximate surface area is 92.9 Å². The van der Waals surface area contributed by atoms with E-state index in [9.17, 15) is 9.59 Å². The largest absolute Gasteiger partial charge is 0.480 e. The summed E-state index contributed by atoms with van der Waals surface area (Å²) in [7, 11) is 0. The van der Waals surface area contributed by atoms with Crippen molar-refractivity contribution >= 4 is 11.9 Å². The van der Waals surface area contributed by atoms with E-state index in [0.29, 0.717) is 0 Å². The van der Waals surface area contributed by atoms with Gasteiger partial charge in [-0.25, -0.2) is 0 Å². The van der Waals surface area contributed by atoms with Crippen molar-refractivity contribution in [1.82, 2.24) is 4.90 Å². The number of carbonyl (C=O) groups is 2. The van der Waals surface area contributed by atoms with Gasteiger partial charge in [-0.05, 0) is 0 Å². The lowest BCUT2D eigenvalue weighted by atomic mass is 10.4. The summed E-state index contributed by atoms with van der Waals surface area (Å²) in [6, 6.07) is 0. The van der Waals surface area contributed by atoms with Crippen LogP contribution in [0.2, 0.25) is 0 Å². The number of aliphatic hydroxyl groups is 2. The van der Waals surface area contributed by atoms with E-state index in [4.69, 9.17) is 20.4 Å². The zero-order chi connectivity index (χ0) is 13.0. The van der Waals surface area contributed by atoms with Crippen LogP contribution in [0.1, 0.15) is 0 Å². The standard InChI is InChI=1S/C6H13NO4.C2H5NO2/c8-3-1-7(2-4-9)5-6(10)11;3-1-2(4)5/h8-9H,1-5H2,(H,10,11);1,3H2,(H,4,5). The van der Waals surface area contributed by atoms with Gasteiger partial charge in [0.05, 0.1) is 26.3 Å². The van der Waals surface area contributed by atoms with Gasteiger partial charge in [0.1, 0.15) is 0 Å². The van der Waals surface area contributed by atoms with Gasteiger partial charge in [-0.2, -0.15) is 0 Å². The number of carboxylic acids is 2. The Balaban J connectivity index is 0. The minimum Gasteiger partial charge on any atom is -0.480 e. The number of carboxylic acid groups (broad SMARTS) is 2. The van der Waals surface area contributed by atoms with Crippen molar-refractivity contribution in [1.29, 1.82) is 0 Å². The highest BCUT2D eigenvalue weighted by molar-refractivity contribution is 5.69. The van der Waals surface area contributed by atoms with Gasteiger partial charge in [0, 0.05) is 13.1 Å². The summed E-state index contributed by atoms with van der Waals surface area (Å²) in [5, 5.41) is 32.8. The van der Waals surface area contributed by atoms with E-state index in [-0.39, 0.29) is 39.4 Å². The quantitative estimate of drug-likeness (QED) is 0.324. The van der Waals surface area contributed by atoms with Gasteiger partial charge in [0.25, 0.3) is 0 Å². The van der Waals surface area contributed by atoms with E-state index in [1.165, 1.54) is 4.90 Å². The lowest BCUT2D eigenvalue weighted by molar-refractivity contribution is -0.138. The van der Waals surface area contributed by atoms with E-state index in [2.05, 4.69) is 5.73 Å². The predicted octanol–water partition coefficient (Wildman–Crippen LogP) is -2.61. The summed E-state index contributed by atoms with van der Waals surface area (Å²) in [4.78, 5) is 20.9. The predicted molar refractivity (Wildman–Crippen MR) is 54.9 cm³/mol. The Morgan fingerprint density at radius 2 is 1.38 bits per heavy atom. The number of aliphatic carboxylic acids is 2. The van der Waals surface area contributed by atoms with Crippen molar-refractivity contribution in [2.75, 3.05) is 39.4 Å². The van der Waals surface area contributed by atoms with Crippen LogP contribution in [0.4, 0.5) is 0 Å². The summed E-state index contributed by atoms with van der Waals surface area (Å²) in [5.74, 6) is -1.92. The summed E-state index contributed by atoms with van der Waals surface area (Å²) in [6.45, 7) is -0.0264. The molecule has 0 saturated heterocycles. The van der Waals surface area contributed by atoms with Gasteiger partial charge < -0.3 is 26.2 Å². The maximum Gasteiger partial charge on any atom is 0.317 e. The molecule has 8 nitrogen and oxygen atoms in total. The third-order valence-electron chi connectivity index (χ3n) is 1.37. The van der Waals surface area contributed by atoms with Gasteiger partial charge in [0.15, 0.2) is 0 Å². The average Bonchev–Trinajstić information content (AvgIpc) is 2.18. The number of aliphatic hydroxyl groups excluding tert-OH is 2. The molecule has 0 rings (SSSR count). The maximum absolute atomic E-state index is 10.2.